The molecule has 1 aromatic carbocycles. The molecule has 3 saturated heterocycles. The molecule has 170 valence electrons. The van der Waals surface area contributed by atoms with Gasteiger partial charge in [-0.1, -0.05) is 19.9 Å². The minimum absolute atomic E-state index is 0.0408. The number of rotatable bonds is 6. The first-order chi connectivity index (χ1) is 15.4. The van der Waals surface area contributed by atoms with E-state index in [0.717, 1.165) is 42.4 Å². The van der Waals surface area contributed by atoms with E-state index in [4.69, 9.17) is 9.47 Å². The Labute approximate surface area is 188 Å². The van der Waals surface area contributed by atoms with Gasteiger partial charge in [0.15, 0.2) is 0 Å². The van der Waals surface area contributed by atoms with E-state index in [1.54, 1.807) is 20.2 Å². The molecule has 3 aliphatic rings. The van der Waals surface area contributed by atoms with Crippen LogP contribution in [0, 0.1) is 11.8 Å². The summed E-state index contributed by atoms with van der Waals surface area (Å²) >= 11 is 0. The first-order valence-corrected chi connectivity index (χ1v) is 11.3. The Morgan fingerprint density at radius 3 is 2.81 bits per heavy atom. The molecular formula is C25H31N3O4. The van der Waals surface area contributed by atoms with Crippen molar-refractivity contribution >= 4 is 22.9 Å². The van der Waals surface area contributed by atoms with Gasteiger partial charge in [-0.15, -0.1) is 0 Å². The molecule has 2 amide bonds. The molecule has 3 aliphatic heterocycles. The standard InChI is InChI=1S/C25H31N3O4/c1-5-16-14-28-11-9-17(16)12-22(28)23(32-25(30)27-24(29)15(2)3)19-8-10-26-21-7-6-18(31-4)13-20(19)21/h6-8,10,13,16-17,22-23H,2,5,9,11-12,14H2,1,3-4H3,(H,27,29,30)/t16-,17-,22+,23-/m0/s1. The number of ether oxygens (including phenoxy) is 2. The van der Waals surface area contributed by atoms with Gasteiger partial charge >= 0.3 is 6.09 Å². The maximum atomic E-state index is 12.7. The minimum atomic E-state index is -0.759. The number of carbonyl (C=O) groups is 2. The molecule has 32 heavy (non-hydrogen) atoms. The third-order valence-electron chi connectivity index (χ3n) is 6.94. The summed E-state index contributed by atoms with van der Waals surface area (Å²) in [6.45, 7) is 9.39. The number of hydrogen-bond acceptors (Lipinski definition) is 6. The molecule has 1 N–H and O–H groups in total. The van der Waals surface area contributed by atoms with Crippen molar-refractivity contribution in [1.29, 1.82) is 0 Å². The number of fused-ring (bicyclic) bond motifs is 4. The molecule has 7 heteroatoms. The van der Waals surface area contributed by atoms with Crippen molar-refractivity contribution in [1.82, 2.24) is 15.2 Å². The summed E-state index contributed by atoms with van der Waals surface area (Å²) in [6, 6.07) is 7.64. The van der Waals surface area contributed by atoms with Crippen molar-refractivity contribution in [2.45, 2.75) is 45.3 Å². The number of amides is 2. The summed E-state index contributed by atoms with van der Waals surface area (Å²) in [5.41, 5.74) is 1.93. The second-order valence-electron chi connectivity index (χ2n) is 8.86. The number of aromatic nitrogens is 1. The van der Waals surface area contributed by atoms with Gasteiger partial charge in [0.2, 0.25) is 0 Å². The van der Waals surface area contributed by atoms with Crippen LogP contribution in [0.5, 0.6) is 5.75 Å². The quantitative estimate of drug-likeness (QED) is 0.681. The van der Waals surface area contributed by atoms with E-state index in [0.29, 0.717) is 17.6 Å². The van der Waals surface area contributed by atoms with Crippen LogP contribution in [0.3, 0.4) is 0 Å². The summed E-state index contributed by atoms with van der Waals surface area (Å²) in [4.78, 5) is 31.6. The SMILES string of the molecule is C=C(C)C(=O)NC(=O)O[C@@H](c1ccnc2ccc(OC)cc12)[C@H]1C[C@@H]2CCN1C[C@@H]2CC. The minimum Gasteiger partial charge on any atom is -0.497 e. The highest BCUT2D eigenvalue weighted by molar-refractivity contribution is 6.01. The molecule has 3 fully saturated rings. The van der Waals surface area contributed by atoms with E-state index >= 15 is 0 Å². The first kappa shape index (κ1) is 22.3. The summed E-state index contributed by atoms with van der Waals surface area (Å²) in [7, 11) is 1.62. The van der Waals surface area contributed by atoms with E-state index in [9.17, 15) is 9.59 Å². The fraction of sp³-hybridized carbons (Fsp3) is 0.480. The number of nitrogens with zero attached hydrogens (tertiary/aromatic N) is 2. The van der Waals surface area contributed by atoms with Crippen molar-refractivity contribution in [3.63, 3.8) is 0 Å². The Kier molecular flexibility index (Phi) is 6.46. The van der Waals surface area contributed by atoms with Crippen molar-refractivity contribution in [2.75, 3.05) is 20.2 Å². The monoisotopic (exact) mass is 437 g/mol. The maximum absolute atomic E-state index is 12.7. The second kappa shape index (κ2) is 9.28. The van der Waals surface area contributed by atoms with Gasteiger partial charge in [-0.3, -0.25) is 20.0 Å². The zero-order valence-corrected chi connectivity index (χ0v) is 19.0. The predicted octanol–water partition coefficient (Wildman–Crippen LogP) is 4.23. The molecule has 0 saturated carbocycles. The Hall–Kier alpha value is -2.93. The number of nitrogens with one attached hydrogen (secondary N) is 1. The van der Waals surface area contributed by atoms with Crippen LogP contribution >= 0.6 is 0 Å². The molecule has 7 nitrogen and oxygen atoms in total. The molecule has 0 aliphatic carbocycles. The highest BCUT2D eigenvalue weighted by Gasteiger charge is 2.44. The van der Waals surface area contributed by atoms with Crippen LogP contribution in [0.1, 0.15) is 44.8 Å². The zero-order valence-electron chi connectivity index (χ0n) is 19.0. The second-order valence-corrected chi connectivity index (χ2v) is 8.86. The Morgan fingerprint density at radius 2 is 2.16 bits per heavy atom. The lowest BCUT2D eigenvalue weighted by molar-refractivity contribution is -0.117. The third kappa shape index (κ3) is 4.35. The summed E-state index contributed by atoms with van der Waals surface area (Å²) in [5.74, 6) is 1.47. The van der Waals surface area contributed by atoms with Crippen LogP contribution in [0.25, 0.3) is 10.9 Å². The van der Waals surface area contributed by atoms with E-state index in [1.807, 2.05) is 24.3 Å². The number of carbonyl (C=O) groups excluding carboxylic acids is 2. The van der Waals surface area contributed by atoms with Gasteiger partial charge in [0.1, 0.15) is 11.9 Å². The summed E-state index contributed by atoms with van der Waals surface area (Å²) in [6.07, 6.45) is 3.73. The number of pyridine rings is 1. The van der Waals surface area contributed by atoms with Crippen LogP contribution in [-0.4, -0.2) is 48.1 Å². The van der Waals surface area contributed by atoms with E-state index < -0.39 is 18.1 Å². The van der Waals surface area contributed by atoms with Gasteiger partial charge in [0, 0.05) is 29.3 Å². The predicted molar refractivity (Wildman–Crippen MR) is 122 cm³/mol. The number of alkyl carbamates (subject to hydrolysis) is 1. The van der Waals surface area contributed by atoms with Gasteiger partial charge in [-0.2, -0.15) is 0 Å². The number of piperidine rings is 3. The molecular weight excluding hydrogens is 406 g/mol. The molecule has 2 bridgehead atoms. The Morgan fingerprint density at radius 1 is 1.34 bits per heavy atom. The van der Waals surface area contributed by atoms with Crippen molar-refractivity contribution in [2.24, 2.45) is 11.8 Å². The molecule has 0 spiro atoms. The van der Waals surface area contributed by atoms with Gasteiger partial charge in [-0.05, 0) is 62.4 Å². The average molecular weight is 438 g/mol. The molecule has 0 radical (unpaired) electrons. The average Bonchev–Trinajstić information content (AvgIpc) is 2.81. The lowest BCUT2D eigenvalue weighted by Gasteiger charge is -2.51. The van der Waals surface area contributed by atoms with Gasteiger partial charge in [0.25, 0.3) is 5.91 Å². The highest BCUT2D eigenvalue weighted by Crippen LogP contribution is 2.44. The number of benzene rings is 1. The van der Waals surface area contributed by atoms with Crippen molar-refractivity contribution in [3.05, 3.63) is 48.2 Å². The zero-order chi connectivity index (χ0) is 22.8. The summed E-state index contributed by atoms with van der Waals surface area (Å²) < 4.78 is 11.4. The largest absolute Gasteiger partial charge is 0.497 e. The van der Waals surface area contributed by atoms with E-state index in [2.05, 4.69) is 28.7 Å². The maximum Gasteiger partial charge on any atom is 0.414 e. The fourth-order valence-electron chi connectivity index (χ4n) is 5.17. The topological polar surface area (TPSA) is 80.8 Å². The molecule has 1 unspecified atom stereocenters. The van der Waals surface area contributed by atoms with Crippen LogP contribution in [0.2, 0.25) is 0 Å². The Balaban J connectivity index is 1.72. The third-order valence-corrected chi connectivity index (χ3v) is 6.94. The lowest BCUT2D eigenvalue weighted by atomic mass is 9.72. The smallest absolute Gasteiger partial charge is 0.414 e. The lowest BCUT2D eigenvalue weighted by Crippen LogP contribution is -2.56. The van der Waals surface area contributed by atoms with Crippen LogP contribution < -0.4 is 10.1 Å². The Bertz CT molecular complexity index is 1040. The number of methoxy groups -OCH3 is 1. The normalized spacial score (nSPS) is 25.2. The first-order valence-electron chi connectivity index (χ1n) is 11.3. The van der Waals surface area contributed by atoms with Gasteiger partial charge in [-0.25, -0.2) is 4.79 Å². The van der Waals surface area contributed by atoms with Crippen molar-refractivity contribution < 1.29 is 19.1 Å². The number of hydrogen-bond donors (Lipinski definition) is 1. The van der Waals surface area contributed by atoms with Crippen molar-refractivity contribution in [3.8, 4) is 5.75 Å². The van der Waals surface area contributed by atoms with Crippen LogP contribution in [0.15, 0.2) is 42.6 Å². The number of imide groups is 1. The van der Waals surface area contributed by atoms with E-state index in [-0.39, 0.29) is 11.6 Å². The molecule has 4 heterocycles. The van der Waals surface area contributed by atoms with E-state index in [1.165, 1.54) is 6.42 Å². The molecule has 2 aromatic rings. The van der Waals surface area contributed by atoms with Crippen LogP contribution in [0.4, 0.5) is 4.79 Å². The molecule has 1 aromatic heterocycles. The van der Waals surface area contributed by atoms with Gasteiger partial charge in [0.05, 0.1) is 18.7 Å². The van der Waals surface area contributed by atoms with Crippen LogP contribution in [-0.2, 0) is 9.53 Å². The molecule has 5 atom stereocenters. The molecule has 5 rings (SSSR count). The highest BCUT2D eigenvalue weighted by atomic mass is 16.6. The fourth-order valence-corrected chi connectivity index (χ4v) is 5.17. The van der Waals surface area contributed by atoms with Gasteiger partial charge < -0.3 is 9.47 Å². The summed E-state index contributed by atoms with van der Waals surface area (Å²) in [5, 5.41) is 3.18.